The van der Waals surface area contributed by atoms with E-state index in [0.717, 1.165) is 48.9 Å². The molecule has 0 bridgehead atoms. The third kappa shape index (κ3) is 3.19. The number of hydrogen-bond acceptors (Lipinski definition) is 4. The number of nitrogens with zero attached hydrogens (tertiary/aromatic N) is 2. The van der Waals surface area contributed by atoms with Crippen LogP contribution in [0.1, 0.15) is 36.5 Å². The van der Waals surface area contributed by atoms with E-state index in [9.17, 15) is 4.79 Å². The van der Waals surface area contributed by atoms with E-state index < -0.39 is 0 Å². The SMILES string of the molecule is CC(=O)c1cc(Cl)c2cccnc2c1N1CCC(CCO)CC1. The second-order valence-corrected chi connectivity index (χ2v) is 6.56. The molecule has 122 valence electrons. The molecule has 1 aliphatic rings. The molecule has 1 fully saturated rings. The van der Waals surface area contributed by atoms with E-state index in [-0.39, 0.29) is 12.4 Å². The molecule has 0 radical (unpaired) electrons. The largest absolute Gasteiger partial charge is 0.396 e. The van der Waals surface area contributed by atoms with Crippen molar-refractivity contribution in [3.63, 3.8) is 0 Å². The first kappa shape index (κ1) is 16.2. The van der Waals surface area contributed by atoms with E-state index in [1.807, 2.05) is 12.1 Å². The summed E-state index contributed by atoms with van der Waals surface area (Å²) in [6.45, 7) is 3.56. The molecule has 0 atom stereocenters. The van der Waals surface area contributed by atoms with Gasteiger partial charge in [-0.25, -0.2) is 0 Å². The van der Waals surface area contributed by atoms with Crippen LogP contribution in [0.3, 0.4) is 0 Å². The lowest BCUT2D eigenvalue weighted by Gasteiger charge is -2.35. The molecule has 2 heterocycles. The maximum atomic E-state index is 12.1. The molecule has 2 aromatic rings. The monoisotopic (exact) mass is 332 g/mol. The normalized spacial score (nSPS) is 16.0. The lowest BCUT2D eigenvalue weighted by Crippen LogP contribution is -2.35. The standard InChI is InChI=1S/C18H21ClN2O2/c1-12(23)15-11-16(19)14-3-2-7-20-17(14)18(15)21-8-4-13(5-9-21)6-10-22/h2-3,7,11,13,22H,4-6,8-10H2,1H3. The van der Waals surface area contributed by atoms with Crippen LogP contribution < -0.4 is 4.90 Å². The zero-order valence-electron chi connectivity index (χ0n) is 13.3. The summed E-state index contributed by atoms with van der Waals surface area (Å²) in [5.74, 6) is 0.565. The van der Waals surface area contributed by atoms with E-state index in [4.69, 9.17) is 16.7 Å². The smallest absolute Gasteiger partial charge is 0.162 e. The number of piperidine rings is 1. The van der Waals surface area contributed by atoms with Crippen molar-refractivity contribution in [2.75, 3.05) is 24.6 Å². The molecule has 0 amide bonds. The van der Waals surface area contributed by atoms with Gasteiger partial charge in [0.05, 0.1) is 16.2 Å². The fraction of sp³-hybridized carbons (Fsp3) is 0.444. The van der Waals surface area contributed by atoms with E-state index >= 15 is 0 Å². The topological polar surface area (TPSA) is 53.4 Å². The Hall–Kier alpha value is -1.65. The number of fused-ring (bicyclic) bond motifs is 1. The summed E-state index contributed by atoms with van der Waals surface area (Å²) in [6.07, 6.45) is 4.64. The van der Waals surface area contributed by atoms with Gasteiger partial charge in [0.15, 0.2) is 5.78 Å². The predicted octanol–water partition coefficient (Wildman–Crippen LogP) is 3.69. The van der Waals surface area contributed by atoms with Gasteiger partial charge >= 0.3 is 0 Å². The number of Topliss-reactive ketones (excluding diaryl/α,β-unsaturated/α-hetero) is 1. The van der Waals surface area contributed by atoms with Gasteiger partial charge in [-0.15, -0.1) is 0 Å². The summed E-state index contributed by atoms with van der Waals surface area (Å²) in [5, 5.41) is 10.6. The second kappa shape index (κ2) is 6.85. The number of hydrogen-bond donors (Lipinski definition) is 1. The molecule has 0 saturated carbocycles. The van der Waals surface area contributed by atoms with Crippen LogP contribution in [0.25, 0.3) is 10.9 Å². The molecule has 1 saturated heterocycles. The average Bonchev–Trinajstić information content (AvgIpc) is 2.56. The lowest BCUT2D eigenvalue weighted by atomic mass is 9.92. The van der Waals surface area contributed by atoms with Crippen LogP contribution in [-0.2, 0) is 0 Å². The fourth-order valence-electron chi connectivity index (χ4n) is 3.40. The summed E-state index contributed by atoms with van der Waals surface area (Å²) >= 11 is 6.34. The van der Waals surface area contributed by atoms with Gasteiger partial charge in [-0.3, -0.25) is 9.78 Å². The maximum Gasteiger partial charge on any atom is 0.162 e. The van der Waals surface area contributed by atoms with Crippen LogP contribution in [0.15, 0.2) is 24.4 Å². The highest BCUT2D eigenvalue weighted by molar-refractivity contribution is 6.36. The van der Waals surface area contributed by atoms with Crippen LogP contribution in [0.2, 0.25) is 5.02 Å². The molecule has 1 aliphatic heterocycles. The first-order valence-electron chi connectivity index (χ1n) is 8.05. The van der Waals surface area contributed by atoms with Gasteiger partial charge in [0, 0.05) is 36.8 Å². The summed E-state index contributed by atoms with van der Waals surface area (Å²) < 4.78 is 0. The van der Waals surface area contributed by atoms with Crippen LogP contribution in [-0.4, -0.2) is 35.6 Å². The first-order valence-corrected chi connectivity index (χ1v) is 8.43. The molecule has 0 unspecified atom stereocenters. The van der Waals surface area contributed by atoms with E-state index in [1.165, 1.54) is 0 Å². The average molecular weight is 333 g/mol. The van der Waals surface area contributed by atoms with Gasteiger partial charge in [-0.1, -0.05) is 11.6 Å². The number of halogens is 1. The van der Waals surface area contributed by atoms with Crippen molar-refractivity contribution in [3.05, 3.63) is 35.0 Å². The Labute approximate surface area is 141 Å². The molecule has 0 spiro atoms. The number of carbonyl (C=O) groups is 1. The van der Waals surface area contributed by atoms with Crippen LogP contribution in [0.5, 0.6) is 0 Å². The Morgan fingerprint density at radius 3 is 2.83 bits per heavy atom. The summed E-state index contributed by atoms with van der Waals surface area (Å²) in [5.41, 5.74) is 2.34. The van der Waals surface area contributed by atoms with Gasteiger partial charge in [-0.2, -0.15) is 0 Å². The summed E-state index contributed by atoms with van der Waals surface area (Å²) in [4.78, 5) is 18.9. The highest BCUT2D eigenvalue weighted by atomic mass is 35.5. The van der Waals surface area contributed by atoms with Crippen molar-refractivity contribution in [2.24, 2.45) is 5.92 Å². The van der Waals surface area contributed by atoms with Crippen molar-refractivity contribution in [3.8, 4) is 0 Å². The Morgan fingerprint density at radius 2 is 2.17 bits per heavy atom. The number of carbonyl (C=O) groups excluding carboxylic acids is 1. The molecular formula is C18H21ClN2O2. The Kier molecular flexibility index (Phi) is 4.83. The van der Waals surface area contributed by atoms with Crippen molar-refractivity contribution in [1.29, 1.82) is 0 Å². The molecule has 0 aliphatic carbocycles. The van der Waals surface area contributed by atoms with Gasteiger partial charge < -0.3 is 10.0 Å². The number of pyridine rings is 1. The van der Waals surface area contributed by atoms with Gasteiger partial charge in [0.1, 0.15) is 0 Å². The minimum absolute atomic E-state index is 0.00642. The van der Waals surface area contributed by atoms with Crippen LogP contribution >= 0.6 is 11.6 Å². The molecule has 4 nitrogen and oxygen atoms in total. The summed E-state index contributed by atoms with van der Waals surface area (Å²) in [6, 6.07) is 5.57. The lowest BCUT2D eigenvalue weighted by molar-refractivity contribution is 0.101. The third-order valence-corrected chi connectivity index (χ3v) is 4.98. The maximum absolute atomic E-state index is 12.1. The molecule has 1 N–H and O–H groups in total. The van der Waals surface area contributed by atoms with Crippen molar-refractivity contribution in [2.45, 2.75) is 26.2 Å². The van der Waals surface area contributed by atoms with Gasteiger partial charge in [-0.05, 0) is 50.3 Å². The molecule has 3 rings (SSSR count). The van der Waals surface area contributed by atoms with Crippen molar-refractivity contribution in [1.82, 2.24) is 4.98 Å². The van der Waals surface area contributed by atoms with Gasteiger partial charge in [0.25, 0.3) is 0 Å². The first-order chi connectivity index (χ1) is 11.1. The molecule has 1 aromatic carbocycles. The number of aliphatic hydroxyl groups excluding tert-OH is 1. The predicted molar refractivity (Wildman–Crippen MR) is 93.4 cm³/mol. The Bertz CT molecular complexity index is 724. The highest BCUT2D eigenvalue weighted by Gasteiger charge is 2.25. The van der Waals surface area contributed by atoms with Crippen LogP contribution in [0, 0.1) is 5.92 Å². The number of rotatable bonds is 4. The molecule has 5 heteroatoms. The van der Waals surface area contributed by atoms with Crippen molar-refractivity contribution >= 4 is 34.0 Å². The number of benzene rings is 1. The number of aromatic nitrogens is 1. The minimum Gasteiger partial charge on any atom is -0.396 e. The minimum atomic E-state index is 0.00642. The quantitative estimate of drug-likeness (QED) is 0.868. The van der Waals surface area contributed by atoms with E-state index in [0.29, 0.717) is 16.5 Å². The number of ketones is 1. The second-order valence-electron chi connectivity index (χ2n) is 6.15. The Balaban J connectivity index is 2.04. The molecule has 1 aromatic heterocycles. The highest BCUT2D eigenvalue weighted by Crippen LogP contribution is 2.37. The van der Waals surface area contributed by atoms with Crippen molar-refractivity contribution < 1.29 is 9.90 Å². The Morgan fingerprint density at radius 1 is 1.43 bits per heavy atom. The van der Waals surface area contributed by atoms with Gasteiger partial charge in [0.2, 0.25) is 0 Å². The zero-order valence-corrected chi connectivity index (χ0v) is 14.0. The number of anilines is 1. The van der Waals surface area contributed by atoms with Crippen LogP contribution in [0.4, 0.5) is 5.69 Å². The van der Waals surface area contributed by atoms with E-state index in [1.54, 1.807) is 19.2 Å². The fourth-order valence-corrected chi connectivity index (χ4v) is 3.67. The third-order valence-electron chi connectivity index (χ3n) is 4.66. The van der Waals surface area contributed by atoms with E-state index in [2.05, 4.69) is 9.88 Å². The zero-order chi connectivity index (χ0) is 16.4. The summed E-state index contributed by atoms with van der Waals surface area (Å²) in [7, 11) is 0. The molecular weight excluding hydrogens is 312 g/mol. The number of aliphatic hydroxyl groups is 1. The molecule has 23 heavy (non-hydrogen) atoms.